The molecular formula is C22H41N5O5. The summed E-state index contributed by atoms with van der Waals surface area (Å²) in [7, 11) is 0. The summed E-state index contributed by atoms with van der Waals surface area (Å²) >= 11 is 0. The highest BCUT2D eigenvalue weighted by atomic mass is 16.4. The van der Waals surface area contributed by atoms with Crippen molar-refractivity contribution in [2.75, 3.05) is 13.1 Å². The van der Waals surface area contributed by atoms with Gasteiger partial charge in [-0.3, -0.25) is 14.4 Å². The number of nitrogens with two attached hydrogens (primary N) is 2. The second-order valence-electron chi connectivity index (χ2n) is 9.34. The van der Waals surface area contributed by atoms with Gasteiger partial charge in [0.25, 0.3) is 0 Å². The Kier molecular flexibility index (Phi) is 11.6. The zero-order chi connectivity index (χ0) is 24.4. The van der Waals surface area contributed by atoms with E-state index < -0.39 is 42.0 Å². The third kappa shape index (κ3) is 8.38. The maximum Gasteiger partial charge on any atom is 0.326 e. The van der Waals surface area contributed by atoms with Crippen molar-refractivity contribution in [3.8, 4) is 0 Å². The monoisotopic (exact) mass is 455 g/mol. The molecule has 1 aliphatic heterocycles. The molecule has 0 spiro atoms. The van der Waals surface area contributed by atoms with E-state index in [0.29, 0.717) is 45.2 Å². The van der Waals surface area contributed by atoms with Crippen LogP contribution in [0.1, 0.15) is 66.2 Å². The molecule has 32 heavy (non-hydrogen) atoms. The molecule has 1 rings (SSSR count). The van der Waals surface area contributed by atoms with Crippen LogP contribution in [0, 0.1) is 11.8 Å². The maximum atomic E-state index is 13.3. The molecule has 0 aromatic heterocycles. The van der Waals surface area contributed by atoms with E-state index >= 15 is 0 Å². The Hall–Kier alpha value is -2.20. The molecule has 0 radical (unpaired) electrons. The molecule has 4 atom stereocenters. The van der Waals surface area contributed by atoms with E-state index in [1.807, 2.05) is 27.7 Å². The van der Waals surface area contributed by atoms with Crippen LogP contribution in [0.4, 0.5) is 0 Å². The van der Waals surface area contributed by atoms with Crippen LogP contribution in [-0.4, -0.2) is 71.0 Å². The number of amides is 3. The Balaban J connectivity index is 2.86. The van der Waals surface area contributed by atoms with Crippen LogP contribution >= 0.6 is 0 Å². The lowest BCUT2D eigenvalue weighted by molar-refractivity contribution is -0.145. The largest absolute Gasteiger partial charge is 0.480 e. The van der Waals surface area contributed by atoms with E-state index in [9.17, 15) is 24.3 Å². The number of carbonyl (C=O) groups is 4. The molecule has 1 saturated heterocycles. The molecule has 10 heteroatoms. The van der Waals surface area contributed by atoms with Crippen LogP contribution in [0.5, 0.6) is 0 Å². The van der Waals surface area contributed by atoms with Gasteiger partial charge in [-0.2, -0.15) is 0 Å². The highest BCUT2D eigenvalue weighted by Gasteiger charge is 2.39. The molecule has 0 aromatic carbocycles. The lowest BCUT2D eigenvalue weighted by Crippen LogP contribution is -2.58. The molecule has 1 heterocycles. The number of unbranched alkanes of at least 4 members (excludes halogenated alkanes) is 1. The number of hydrogen-bond donors (Lipinski definition) is 5. The van der Waals surface area contributed by atoms with Crippen molar-refractivity contribution >= 4 is 23.7 Å². The van der Waals surface area contributed by atoms with Gasteiger partial charge in [0.1, 0.15) is 18.1 Å². The molecule has 1 fully saturated rings. The van der Waals surface area contributed by atoms with Crippen molar-refractivity contribution in [1.29, 1.82) is 0 Å². The smallest absolute Gasteiger partial charge is 0.326 e. The fourth-order valence-corrected chi connectivity index (χ4v) is 3.89. The van der Waals surface area contributed by atoms with E-state index in [-0.39, 0.29) is 24.2 Å². The fourth-order valence-electron chi connectivity index (χ4n) is 3.89. The second kappa shape index (κ2) is 13.4. The minimum absolute atomic E-state index is 0.204. The number of nitrogens with zero attached hydrogens (tertiary/aromatic N) is 1. The minimum atomic E-state index is -1.11. The Morgan fingerprint density at radius 2 is 1.75 bits per heavy atom. The van der Waals surface area contributed by atoms with Crippen LogP contribution in [0.25, 0.3) is 0 Å². The molecule has 184 valence electrons. The average molecular weight is 456 g/mol. The number of likely N-dealkylation sites (tertiary alicyclic amines) is 1. The number of rotatable bonds is 13. The Labute approximate surface area is 190 Å². The summed E-state index contributed by atoms with van der Waals surface area (Å²) in [5.41, 5.74) is 11.4. The van der Waals surface area contributed by atoms with Crippen molar-refractivity contribution in [2.24, 2.45) is 23.3 Å². The lowest BCUT2D eigenvalue weighted by atomic mass is 9.99. The normalized spacial score (nSPS) is 19.0. The van der Waals surface area contributed by atoms with Gasteiger partial charge in [-0.15, -0.1) is 0 Å². The van der Waals surface area contributed by atoms with Crippen LogP contribution < -0.4 is 22.1 Å². The number of nitrogens with one attached hydrogen (secondary N) is 2. The number of aliphatic carboxylic acids is 1. The summed E-state index contributed by atoms with van der Waals surface area (Å²) in [6.07, 6.45) is 3.10. The molecule has 0 aromatic rings. The highest BCUT2D eigenvalue weighted by molar-refractivity contribution is 5.94. The van der Waals surface area contributed by atoms with Crippen molar-refractivity contribution in [1.82, 2.24) is 15.5 Å². The van der Waals surface area contributed by atoms with Gasteiger partial charge in [0.2, 0.25) is 17.7 Å². The second-order valence-corrected chi connectivity index (χ2v) is 9.34. The van der Waals surface area contributed by atoms with Gasteiger partial charge in [-0.1, -0.05) is 27.7 Å². The van der Waals surface area contributed by atoms with Crippen molar-refractivity contribution in [3.05, 3.63) is 0 Å². The summed E-state index contributed by atoms with van der Waals surface area (Å²) in [5.74, 6) is -2.30. The quantitative estimate of drug-likeness (QED) is 0.247. The molecule has 0 bridgehead atoms. The molecule has 1 aliphatic rings. The molecule has 10 nitrogen and oxygen atoms in total. The summed E-state index contributed by atoms with van der Waals surface area (Å²) in [6.45, 7) is 8.39. The van der Waals surface area contributed by atoms with Crippen LogP contribution in [0.2, 0.25) is 0 Å². The predicted molar refractivity (Wildman–Crippen MR) is 121 cm³/mol. The lowest BCUT2D eigenvalue weighted by Gasteiger charge is -2.31. The Morgan fingerprint density at radius 3 is 2.28 bits per heavy atom. The van der Waals surface area contributed by atoms with E-state index in [2.05, 4.69) is 10.6 Å². The number of carboxylic acid groups (broad SMARTS) is 1. The van der Waals surface area contributed by atoms with E-state index in [4.69, 9.17) is 11.5 Å². The summed E-state index contributed by atoms with van der Waals surface area (Å²) in [6, 6.07) is -3.32. The zero-order valence-electron chi connectivity index (χ0n) is 19.8. The van der Waals surface area contributed by atoms with Crippen molar-refractivity contribution in [3.63, 3.8) is 0 Å². The first-order chi connectivity index (χ1) is 15.0. The first-order valence-corrected chi connectivity index (χ1v) is 11.6. The van der Waals surface area contributed by atoms with Gasteiger partial charge in [0.15, 0.2) is 0 Å². The summed E-state index contributed by atoms with van der Waals surface area (Å²) < 4.78 is 0. The topological polar surface area (TPSA) is 168 Å². The summed E-state index contributed by atoms with van der Waals surface area (Å²) in [5, 5.41) is 14.8. The first-order valence-electron chi connectivity index (χ1n) is 11.6. The molecule has 0 saturated carbocycles. The number of carboxylic acids is 1. The van der Waals surface area contributed by atoms with Gasteiger partial charge in [-0.25, -0.2) is 4.79 Å². The Bertz CT molecular complexity index is 655. The maximum absolute atomic E-state index is 13.3. The predicted octanol–water partition coefficient (Wildman–Crippen LogP) is 0.190. The van der Waals surface area contributed by atoms with Gasteiger partial charge in [0.05, 0.1) is 6.04 Å². The molecular weight excluding hydrogens is 414 g/mol. The van der Waals surface area contributed by atoms with Crippen LogP contribution in [-0.2, 0) is 19.2 Å². The van der Waals surface area contributed by atoms with Crippen LogP contribution in [0.3, 0.4) is 0 Å². The standard InChI is InChI=1S/C22H41N5O5/c1-13(2)12-15(24)19(28)26-18(14(3)4)21(30)27-11-7-9-17(27)20(29)25-16(22(31)32)8-5-6-10-23/h13-18H,5-12,23-24H2,1-4H3,(H,25,29)(H,26,28)(H,31,32). The third-order valence-electron chi connectivity index (χ3n) is 5.69. The molecule has 3 amide bonds. The SMILES string of the molecule is CC(C)CC(N)C(=O)NC(C(=O)N1CCCC1C(=O)NC(CCCCN)C(=O)O)C(C)C. The van der Waals surface area contributed by atoms with Crippen LogP contribution in [0.15, 0.2) is 0 Å². The zero-order valence-corrected chi connectivity index (χ0v) is 19.8. The minimum Gasteiger partial charge on any atom is -0.480 e. The summed E-state index contributed by atoms with van der Waals surface area (Å²) in [4.78, 5) is 51.6. The average Bonchev–Trinajstić information content (AvgIpc) is 3.19. The van der Waals surface area contributed by atoms with Crippen molar-refractivity contribution in [2.45, 2.75) is 90.4 Å². The Morgan fingerprint density at radius 1 is 1.09 bits per heavy atom. The molecule has 4 unspecified atom stereocenters. The molecule has 0 aliphatic carbocycles. The van der Waals surface area contributed by atoms with Gasteiger partial charge >= 0.3 is 5.97 Å². The first kappa shape index (κ1) is 27.8. The number of hydrogen-bond acceptors (Lipinski definition) is 6. The van der Waals surface area contributed by atoms with Gasteiger partial charge in [0, 0.05) is 6.54 Å². The van der Waals surface area contributed by atoms with Gasteiger partial charge in [-0.05, 0) is 56.9 Å². The fraction of sp³-hybridized carbons (Fsp3) is 0.818. The third-order valence-corrected chi connectivity index (χ3v) is 5.69. The van der Waals surface area contributed by atoms with E-state index in [1.165, 1.54) is 4.90 Å². The highest BCUT2D eigenvalue weighted by Crippen LogP contribution is 2.21. The number of carbonyl (C=O) groups excluding carboxylic acids is 3. The van der Waals surface area contributed by atoms with E-state index in [0.717, 1.165) is 0 Å². The van der Waals surface area contributed by atoms with E-state index in [1.54, 1.807) is 0 Å². The van der Waals surface area contributed by atoms with Crippen molar-refractivity contribution < 1.29 is 24.3 Å². The van der Waals surface area contributed by atoms with Gasteiger partial charge < -0.3 is 32.1 Å². The molecule has 7 N–H and O–H groups in total.